The zero-order valence-corrected chi connectivity index (χ0v) is 29.4. The predicted octanol–water partition coefficient (Wildman–Crippen LogP) is 5.31. The molecule has 0 saturated carbocycles. The Kier molecular flexibility index (Phi) is 8.33. The van der Waals surface area contributed by atoms with Crippen LogP contribution in [0, 0.1) is 24.0 Å². The number of hydrogen-bond donors (Lipinski definition) is 1. The van der Waals surface area contributed by atoms with Crippen molar-refractivity contribution in [3.8, 4) is 35.5 Å². The zero-order chi connectivity index (χ0) is 37.5. The molecule has 2 aromatic heterocycles. The smallest absolute Gasteiger partial charge is 0.407 e. The van der Waals surface area contributed by atoms with E-state index >= 15 is 8.78 Å². The number of alkyl halides is 1. The average Bonchev–Trinajstić information content (AvgIpc) is 3.71. The monoisotopic (exact) mass is 742 g/mol. The summed E-state index contributed by atoms with van der Waals surface area (Å²) >= 11 is 0. The molecule has 2 aromatic carbocycles. The number of carbonyl (C=O) groups is 1. The van der Waals surface area contributed by atoms with Crippen LogP contribution in [0.2, 0.25) is 0 Å². The first-order valence-electron chi connectivity index (χ1n) is 17.9. The number of carboxylic acid groups (broad SMARTS) is 1. The molecule has 5 aliphatic rings. The molecule has 4 fully saturated rings. The summed E-state index contributed by atoms with van der Waals surface area (Å²) < 4.78 is 71.3. The van der Waals surface area contributed by atoms with Gasteiger partial charge in [-0.2, -0.15) is 9.97 Å². The van der Waals surface area contributed by atoms with Crippen LogP contribution in [-0.2, 0) is 9.47 Å². The van der Waals surface area contributed by atoms with E-state index in [9.17, 15) is 14.3 Å². The number of piperazine rings is 1. The maximum Gasteiger partial charge on any atom is 0.407 e. The summed E-state index contributed by atoms with van der Waals surface area (Å²) in [5, 5.41) is 11.3. The fourth-order valence-corrected chi connectivity index (χ4v) is 9.53. The van der Waals surface area contributed by atoms with Crippen LogP contribution in [0.1, 0.15) is 31.2 Å². The molecular formula is C39H37F3N6O6. The molecule has 0 spiro atoms. The number of anilines is 1. The molecule has 1 N–H and O–H groups in total. The minimum absolute atomic E-state index is 0.0234. The predicted molar refractivity (Wildman–Crippen MR) is 191 cm³/mol. The highest BCUT2D eigenvalue weighted by Crippen LogP contribution is 2.48. The number of pyridine rings is 1. The lowest BCUT2D eigenvalue weighted by atomic mass is 9.93. The minimum Gasteiger partial charge on any atom is -0.469 e. The molecule has 2 bridgehead atoms. The number of ether oxygens (including phenoxy) is 4. The molecule has 15 heteroatoms. The van der Waals surface area contributed by atoms with E-state index in [-0.39, 0.29) is 96.4 Å². The standard InChI is InChI=1S/C39H37F3N6O6/c1-4-24-26(41)10-8-21-6-5-7-25(29(21)24)32-31(42)33-30-35(45-37(44-33)53-18-39-12-20(2)14-46(39)15-22(40)13-39)47-16-23-9-11-27(48(23)38(49)50)34(47)28(17-52-19-51-3)54-36(30)43-32/h1,5-8,10,22-23,27-28,34H,2,9,11-19H2,3H3,(H,49,50)/t22-,23?,27?,28?,34?,39?/m1/s1. The molecular weight excluding hydrogens is 705 g/mol. The van der Waals surface area contributed by atoms with Gasteiger partial charge in [0.25, 0.3) is 0 Å². The second kappa shape index (κ2) is 13.0. The summed E-state index contributed by atoms with van der Waals surface area (Å²) in [5.41, 5.74) is 0.104. The van der Waals surface area contributed by atoms with Gasteiger partial charge in [0, 0.05) is 44.1 Å². The third-order valence-electron chi connectivity index (χ3n) is 11.6. The van der Waals surface area contributed by atoms with Gasteiger partial charge in [-0.3, -0.25) is 9.80 Å². The van der Waals surface area contributed by atoms with E-state index in [1.807, 2.05) is 9.80 Å². The normalized spacial score (nSPS) is 27.2. The van der Waals surface area contributed by atoms with Gasteiger partial charge in [-0.05, 0) is 30.7 Å². The summed E-state index contributed by atoms with van der Waals surface area (Å²) in [6, 6.07) is 6.16. The van der Waals surface area contributed by atoms with Gasteiger partial charge in [-0.1, -0.05) is 42.3 Å². The van der Waals surface area contributed by atoms with Gasteiger partial charge in [0.05, 0.1) is 35.8 Å². The number of amides is 1. The third-order valence-corrected chi connectivity index (χ3v) is 11.6. The molecule has 6 atom stereocenters. The van der Waals surface area contributed by atoms with Crippen molar-refractivity contribution in [1.82, 2.24) is 24.8 Å². The molecule has 0 radical (unpaired) electrons. The van der Waals surface area contributed by atoms with Crippen LogP contribution < -0.4 is 14.4 Å². The lowest BCUT2D eigenvalue weighted by molar-refractivity contribution is -0.0667. The minimum atomic E-state index is -1.05. The van der Waals surface area contributed by atoms with Crippen LogP contribution in [0.15, 0.2) is 42.5 Å². The van der Waals surface area contributed by atoms with E-state index in [1.165, 1.54) is 18.1 Å². The van der Waals surface area contributed by atoms with Crippen LogP contribution in [0.4, 0.5) is 23.8 Å². The summed E-state index contributed by atoms with van der Waals surface area (Å²) in [4.78, 5) is 32.3. The van der Waals surface area contributed by atoms with Crippen LogP contribution in [0.25, 0.3) is 32.9 Å². The molecule has 5 unspecified atom stereocenters. The van der Waals surface area contributed by atoms with Crippen LogP contribution in [0.3, 0.4) is 0 Å². The number of terminal acetylenes is 1. The Hall–Kier alpha value is -5.17. The summed E-state index contributed by atoms with van der Waals surface area (Å²) in [7, 11) is 1.48. The fourth-order valence-electron chi connectivity index (χ4n) is 9.53. The first-order valence-corrected chi connectivity index (χ1v) is 17.9. The fraction of sp³-hybridized carbons (Fsp3) is 0.436. The second-order valence-electron chi connectivity index (χ2n) is 14.8. The van der Waals surface area contributed by atoms with Gasteiger partial charge < -0.3 is 29.0 Å². The van der Waals surface area contributed by atoms with Gasteiger partial charge in [-0.25, -0.2) is 22.9 Å². The molecule has 4 saturated heterocycles. The van der Waals surface area contributed by atoms with Crippen molar-refractivity contribution in [3.05, 3.63) is 59.7 Å². The van der Waals surface area contributed by atoms with Crippen molar-refractivity contribution in [1.29, 1.82) is 0 Å². The third kappa shape index (κ3) is 5.33. The number of aromatic nitrogens is 3. The van der Waals surface area contributed by atoms with Crippen molar-refractivity contribution in [2.24, 2.45) is 0 Å². The first-order chi connectivity index (χ1) is 26.1. The van der Waals surface area contributed by atoms with Crippen molar-refractivity contribution >= 4 is 33.6 Å². The summed E-state index contributed by atoms with van der Waals surface area (Å²) in [5.74, 6) is 1.16. The van der Waals surface area contributed by atoms with Gasteiger partial charge in [0.2, 0.25) is 5.88 Å². The van der Waals surface area contributed by atoms with E-state index in [0.29, 0.717) is 31.2 Å². The number of nitrogens with zero attached hydrogens (tertiary/aromatic N) is 6. The Morgan fingerprint density at radius 2 is 2.02 bits per heavy atom. The Balaban J connectivity index is 1.25. The topological polar surface area (TPSA) is 123 Å². The molecule has 4 aromatic rings. The number of benzene rings is 2. The van der Waals surface area contributed by atoms with E-state index in [2.05, 4.69) is 17.5 Å². The second-order valence-corrected chi connectivity index (χ2v) is 14.8. The van der Waals surface area contributed by atoms with E-state index in [4.69, 9.17) is 35.3 Å². The van der Waals surface area contributed by atoms with Gasteiger partial charge in [0.1, 0.15) is 53.9 Å². The number of hydrogen-bond acceptors (Lipinski definition) is 10. The zero-order valence-electron chi connectivity index (χ0n) is 29.4. The van der Waals surface area contributed by atoms with Crippen molar-refractivity contribution in [2.75, 3.05) is 51.7 Å². The summed E-state index contributed by atoms with van der Waals surface area (Å²) in [6.45, 7) is 5.10. The van der Waals surface area contributed by atoms with Crippen LogP contribution in [-0.4, -0.2) is 119 Å². The maximum atomic E-state index is 17.4. The van der Waals surface area contributed by atoms with Crippen molar-refractivity contribution < 1.29 is 42.0 Å². The van der Waals surface area contributed by atoms with Crippen LogP contribution in [0.5, 0.6) is 11.9 Å². The highest BCUT2D eigenvalue weighted by atomic mass is 19.1. The SMILES string of the molecule is C#Cc1c(F)ccc2cccc(-c3nc4c5c(nc(OCC67CC(=C)CN6C[C@H](F)C7)nc5c3F)N3CC5CCC(C3C(COCOC)O4)N5C(=O)O)c12. The number of halogens is 3. The van der Waals surface area contributed by atoms with E-state index in [1.54, 1.807) is 24.3 Å². The van der Waals surface area contributed by atoms with Gasteiger partial charge >= 0.3 is 12.1 Å². The number of rotatable bonds is 8. The highest BCUT2D eigenvalue weighted by molar-refractivity contribution is 6.03. The van der Waals surface area contributed by atoms with Crippen molar-refractivity contribution in [2.45, 2.75) is 61.6 Å². The summed E-state index contributed by atoms with van der Waals surface area (Å²) in [6.07, 6.45) is 4.80. The largest absolute Gasteiger partial charge is 0.469 e. The Morgan fingerprint density at radius 3 is 2.81 bits per heavy atom. The lowest BCUT2D eigenvalue weighted by Crippen LogP contribution is -2.66. The number of fused-ring (bicyclic) bond motifs is 7. The Bertz CT molecular complexity index is 2270. The number of methoxy groups -OCH3 is 1. The Morgan fingerprint density at radius 1 is 1.17 bits per heavy atom. The molecule has 12 nitrogen and oxygen atoms in total. The van der Waals surface area contributed by atoms with Gasteiger partial charge in [-0.15, -0.1) is 6.42 Å². The molecule has 7 heterocycles. The molecule has 0 aliphatic carbocycles. The van der Waals surface area contributed by atoms with Crippen molar-refractivity contribution in [3.63, 3.8) is 0 Å². The molecule has 1 amide bonds. The first kappa shape index (κ1) is 34.6. The van der Waals surface area contributed by atoms with Crippen LogP contribution >= 0.6 is 0 Å². The maximum absolute atomic E-state index is 17.4. The lowest BCUT2D eigenvalue weighted by Gasteiger charge is -2.47. The van der Waals surface area contributed by atoms with Gasteiger partial charge in [0.15, 0.2) is 5.82 Å². The average molecular weight is 743 g/mol. The highest BCUT2D eigenvalue weighted by Gasteiger charge is 2.55. The Labute approximate surface area is 308 Å². The molecule has 9 rings (SSSR count). The quantitative estimate of drug-likeness (QED) is 0.110. The molecule has 280 valence electrons. The molecule has 5 aliphatic heterocycles. The molecule has 54 heavy (non-hydrogen) atoms. The van der Waals surface area contributed by atoms with E-state index < -0.39 is 47.6 Å². The van der Waals surface area contributed by atoms with E-state index in [0.717, 1.165) is 5.57 Å².